The lowest BCUT2D eigenvalue weighted by Crippen LogP contribution is -2.70. The minimum Gasteiger partial charge on any atom is -0.481 e. The van der Waals surface area contributed by atoms with Gasteiger partial charge in [0.1, 0.15) is 11.9 Å². The van der Waals surface area contributed by atoms with Crippen molar-refractivity contribution in [3.05, 3.63) is 29.9 Å². The van der Waals surface area contributed by atoms with E-state index in [0.717, 1.165) is 102 Å². The number of carboxylic acids is 1. The minimum absolute atomic E-state index is 0.00493. The number of amides is 1. The topological polar surface area (TPSA) is 105 Å². The van der Waals surface area contributed by atoms with E-state index in [4.69, 9.17) is 16.3 Å². The molecule has 7 aliphatic rings. The van der Waals surface area contributed by atoms with Crippen molar-refractivity contribution in [2.45, 2.75) is 191 Å². The number of esters is 1. The zero-order valence-electron chi connectivity index (χ0n) is 42.1. The van der Waals surface area contributed by atoms with Crippen molar-refractivity contribution in [1.29, 1.82) is 0 Å². The van der Waals surface area contributed by atoms with Gasteiger partial charge >= 0.3 is 11.9 Å². The maximum atomic E-state index is 16.0. The fourth-order valence-electron chi connectivity index (χ4n) is 17.5. The second-order valence-electron chi connectivity index (χ2n) is 26.1. The second kappa shape index (κ2) is 15.2. The third-order valence-electron chi connectivity index (χ3n) is 21.5. The molecular weight excluding hydrogens is 785 g/mol. The summed E-state index contributed by atoms with van der Waals surface area (Å²) in [6.45, 7) is 35.3. The summed E-state index contributed by atoms with van der Waals surface area (Å²) < 4.78 is 8.88. The maximum absolute atomic E-state index is 16.0. The molecular formula is C54H86N4O5. The van der Waals surface area contributed by atoms with E-state index in [9.17, 15) is 14.7 Å². The lowest BCUT2D eigenvalue weighted by atomic mass is 9.30. The number of ether oxygens (including phenoxy) is 1. The van der Waals surface area contributed by atoms with Gasteiger partial charge in [0.25, 0.3) is 0 Å². The molecule has 8 rings (SSSR count). The highest BCUT2D eigenvalue weighted by molar-refractivity contribution is 5.85. The Morgan fingerprint density at radius 1 is 0.825 bits per heavy atom. The van der Waals surface area contributed by atoms with E-state index in [2.05, 4.69) is 104 Å². The van der Waals surface area contributed by atoms with E-state index in [1.54, 1.807) is 0 Å². The molecule has 6 aliphatic carbocycles. The van der Waals surface area contributed by atoms with Gasteiger partial charge in [-0.25, -0.2) is 4.98 Å². The molecule has 9 nitrogen and oxygen atoms in total. The Balaban J connectivity index is 1.08. The van der Waals surface area contributed by atoms with Gasteiger partial charge in [-0.1, -0.05) is 88.3 Å². The van der Waals surface area contributed by atoms with Gasteiger partial charge in [0.15, 0.2) is 0 Å². The molecule has 0 spiro atoms. The van der Waals surface area contributed by atoms with Crippen molar-refractivity contribution in [3.8, 4) is 0 Å². The molecule has 2 heterocycles. The summed E-state index contributed by atoms with van der Waals surface area (Å²) >= 11 is 0. The van der Waals surface area contributed by atoms with Crippen LogP contribution in [0, 0.1) is 73.4 Å². The first-order chi connectivity index (χ1) is 29.1. The predicted molar refractivity (Wildman–Crippen MR) is 250 cm³/mol. The number of carbonyl (C=O) groups excluding carboxylic acids is 2. The quantitative estimate of drug-likeness (QED) is 0.195. The van der Waals surface area contributed by atoms with Crippen LogP contribution >= 0.6 is 0 Å². The van der Waals surface area contributed by atoms with Crippen LogP contribution in [0.1, 0.15) is 184 Å². The highest BCUT2D eigenvalue weighted by atomic mass is 16.5. The summed E-state index contributed by atoms with van der Waals surface area (Å²) in [6, 6.07) is -0.00493. The summed E-state index contributed by atoms with van der Waals surface area (Å²) in [7, 11) is 4.26. The molecule has 63 heavy (non-hydrogen) atoms. The fourth-order valence-corrected chi connectivity index (χ4v) is 17.5. The third kappa shape index (κ3) is 6.56. The first-order valence-corrected chi connectivity index (χ1v) is 25.2. The van der Waals surface area contributed by atoms with Crippen LogP contribution in [0.2, 0.25) is 0 Å². The largest absolute Gasteiger partial charge is 0.481 e. The highest BCUT2D eigenvalue weighted by Crippen LogP contribution is 2.81. The summed E-state index contributed by atoms with van der Waals surface area (Å²) in [6.07, 6.45) is 14.9. The van der Waals surface area contributed by atoms with Gasteiger partial charge in [-0.3, -0.25) is 14.4 Å². The number of aliphatic carboxylic acids is 1. The Morgan fingerprint density at radius 2 is 1.49 bits per heavy atom. The fraction of sp³-hybridized carbons (Fsp3) is 0.852. The van der Waals surface area contributed by atoms with Crippen molar-refractivity contribution >= 4 is 17.8 Å². The number of carboxylic acid groups (broad SMARTS) is 1. The Bertz CT molecular complexity index is 2010. The van der Waals surface area contributed by atoms with Crippen LogP contribution in [-0.2, 0) is 31.1 Å². The molecule has 1 saturated heterocycles. The lowest BCUT2D eigenvalue weighted by Gasteiger charge is -2.74. The molecule has 0 bridgehead atoms. The number of imidazole rings is 1. The van der Waals surface area contributed by atoms with Gasteiger partial charge in [0.2, 0.25) is 5.91 Å². The minimum atomic E-state index is -0.816. The van der Waals surface area contributed by atoms with Gasteiger partial charge in [0, 0.05) is 36.7 Å². The first-order valence-electron chi connectivity index (χ1n) is 25.2. The monoisotopic (exact) mass is 871 g/mol. The first kappa shape index (κ1) is 46.8. The van der Waals surface area contributed by atoms with Gasteiger partial charge < -0.3 is 24.2 Å². The Labute approximate surface area is 381 Å². The van der Waals surface area contributed by atoms with Gasteiger partial charge in [-0.15, -0.1) is 0 Å². The zero-order chi connectivity index (χ0) is 46.2. The van der Waals surface area contributed by atoms with Crippen molar-refractivity contribution < 1.29 is 24.2 Å². The molecule has 1 aromatic rings. The molecule has 13 atom stereocenters. The smallest absolute Gasteiger partial charge is 0.309 e. The highest BCUT2D eigenvalue weighted by Gasteiger charge is 2.76. The molecule has 9 heteroatoms. The number of hydrogen-bond donors (Lipinski definition) is 1. The number of aromatic nitrogens is 2. The molecule has 352 valence electrons. The van der Waals surface area contributed by atoms with Gasteiger partial charge in [-0.05, 0) is 155 Å². The average Bonchev–Trinajstić information content (AvgIpc) is 3.91. The average molecular weight is 871 g/mol. The standard InChI is InChI=1S/C54H86N4O5/c1-33(2)34-20-25-54(46(62)58-28-16-17-37(58)43-55-41(47(3,4)5)32-57(43)30-29-56(14)15)27-26-52(12)40(53(34,54)13)19-18-39-50(10)23-22-42(49(8,9)38(50)21-24-51(39,52)11)63-45(61)36-31-35(44(59)60)48(36,6)7/h32,34-40,42H,1,16-31H2,2-15H3,(H,59,60)/t34-,35-,36+,37-,38-,39+,40-,42-,50-,51+,52+,53+,54+/m0/s1. The van der Waals surface area contributed by atoms with E-state index in [-0.39, 0.29) is 56.5 Å². The molecule has 1 N–H and O–H groups in total. The number of fused-ring (bicyclic) bond motifs is 7. The number of allylic oxidation sites excluding steroid dienone is 1. The molecule has 7 fully saturated rings. The molecule has 1 amide bonds. The lowest BCUT2D eigenvalue weighted by molar-refractivity contribution is -0.265. The van der Waals surface area contributed by atoms with Crippen molar-refractivity contribution in [1.82, 2.24) is 19.4 Å². The number of nitrogens with zero attached hydrogens (tertiary/aromatic N) is 4. The molecule has 6 saturated carbocycles. The zero-order valence-corrected chi connectivity index (χ0v) is 42.1. The normalized spacial score (nSPS) is 42.7. The van der Waals surface area contributed by atoms with E-state index >= 15 is 4.79 Å². The SMILES string of the molecule is C=C(C)[C@@H]1CC[C@]2(C(=O)N3CCC[C@H]3c3nc(C(C)(C)C)cn3CCN(C)C)CC[C@]3(C)[C@H](CC[C@@H]4[C@@]5(C)CC[C@H](OC(=O)[C@H]6C[C@@H](C(=O)O)C6(C)C)C(C)(C)[C@@H]5CC[C@]43C)[C@@]12C. The van der Waals surface area contributed by atoms with Crippen LogP contribution in [0.25, 0.3) is 0 Å². The summed E-state index contributed by atoms with van der Waals surface area (Å²) in [4.78, 5) is 51.6. The van der Waals surface area contributed by atoms with Crippen LogP contribution < -0.4 is 0 Å². The van der Waals surface area contributed by atoms with E-state index in [0.29, 0.717) is 36.0 Å². The number of rotatable bonds is 9. The maximum Gasteiger partial charge on any atom is 0.309 e. The van der Waals surface area contributed by atoms with Crippen molar-refractivity contribution in [3.63, 3.8) is 0 Å². The predicted octanol–water partition coefficient (Wildman–Crippen LogP) is 11.1. The molecule has 0 radical (unpaired) electrons. The summed E-state index contributed by atoms with van der Waals surface area (Å²) in [5.41, 5.74) is 1.16. The number of hydrogen-bond acceptors (Lipinski definition) is 6. The van der Waals surface area contributed by atoms with Crippen LogP contribution in [-0.4, -0.2) is 75.6 Å². The summed E-state index contributed by atoms with van der Waals surface area (Å²) in [5, 5.41) is 9.74. The van der Waals surface area contributed by atoms with Gasteiger partial charge in [0.05, 0.1) is 29.0 Å². The molecule has 1 aromatic heterocycles. The van der Waals surface area contributed by atoms with Crippen LogP contribution in [0.3, 0.4) is 0 Å². The Hall–Kier alpha value is -2.68. The van der Waals surface area contributed by atoms with Crippen LogP contribution in [0.4, 0.5) is 0 Å². The van der Waals surface area contributed by atoms with Crippen molar-refractivity contribution in [2.24, 2.45) is 73.4 Å². The molecule has 0 unspecified atom stereocenters. The van der Waals surface area contributed by atoms with E-state index in [1.165, 1.54) is 12.0 Å². The number of carbonyl (C=O) groups is 3. The van der Waals surface area contributed by atoms with Gasteiger partial charge in [-0.2, -0.15) is 0 Å². The van der Waals surface area contributed by atoms with E-state index in [1.807, 2.05) is 13.8 Å². The number of likely N-dealkylation sites (tertiary alicyclic amines) is 1. The van der Waals surface area contributed by atoms with Crippen molar-refractivity contribution in [2.75, 3.05) is 27.2 Å². The van der Waals surface area contributed by atoms with Crippen LogP contribution in [0.15, 0.2) is 18.3 Å². The Kier molecular flexibility index (Phi) is 11.3. The number of likely N-dealkylation sites (N-methyl/N-ethyl adjacent to an activating group) is 1. The van der Waals surface area contributed by atoms with Crippen LogP contribution in [0.5, 0.6) is 0 Å². The van der Waals surface area contributed by atoms with E-state index < -0.39 is 22.7 Å². The molecule has 1 aliphatic heterocycles. The molecule has 0 aromatic carbocycles. The Morgan fingerprint density at radius 3 is 2.11 bits per heavy atom. The third-order valence-corrected chi connectivity index (χ3v) is 21.5. The second-order valence-corrected chi connectivity index (χ2v) is 26.1. The summed E-state index contributed by atoms with van der Waals surface area (Å²) in [5.74, 6) is 1.27.